The molecule has 2 fully saturated rings. The van der Waals surface area contributed by atoms with Gasteiger partial charge < -0.3 is 19.7 Å². The predicted octanol–water partition coefficient (Wildman–Crippen LogP) is -1.33. The fraction of sp³-hybridized carbons (Fsp3) is 0.833. The fourth-order valence-electron chi connectivity index (χ4n) is 1.31. The summed E-state index contributed by atoms with van der Waals surface area (Å²) in [6.45, 7) is 1.53. The number of hydrogen-bond acceptors (Lipinski definition) is 4. The van der Waals surface area contributed by atoms with E-state index in [1.807, 2.05) is 0 Å². The van der Waals surface area contributed by atoms with Crippen molar-refractivity contribution in [3.05, 3.63) is 6.61 Å². The van der Waals surface area contributed by atoms with E-state index < -0.39 is 11.7 Å². The molecule has 2 saturated heterocycles. The van der Waals surface area contributed by atoms with Crippen LogP contribution in [-0.4, -0.2) is 41.2 Å². The van der Waals surface area contributed by atoms with Gasteiger partial charge in [0.25, 0.3) is 0 Å². The molecule has 2 aliphatic rings. The minimum atomic E-state index is -0.856. The maximum Gasteiger partial charge on any atom is 0.109 e. The van der Waals surface area contributed by atoms with Crippen LogP contribution in [-0.2, 0) is 9.47 Å². The van der Waals surface area contributed by atoms with Crippen molar-refractivity contribution in [2.75, 3.05) is 13.2 Å². The van der Waals surface area contributed by atoms with Gasteiger partial charge in [-0.2, -0.15) is 6.61 Å². The van der Waals surface area contributed by atoms with Gasteiger partial charge in [-0.05, 0) is 6.10 Å². The topological polar surface area (TPSA) is 58.9 Å². The van der Waals surface area contributed by atoms with Crippen molar-refractivity contribution in [1.29, 1.82) is 0 Å². The summed E-state index contributed by atoms with van der Waals surface area (Å²) in [4.78, 5) is 0. The molecular weight excluding hydrogens is 374 g/mol. The zero-order valence-corrected chi connectivity index (χ0v) is 10.0. The van der Waals surface area contributed by atoms with Gasteiger partial charge in [-0.3, -0.25) is 0 Å². The monoisotopic (exact) mass is 383 g/mol. The average Bonchev–Trinajstić information content (AvgIpc) is 2.46. The summed E-state index contributed by atoms with van der Waals surface area (Å²) in [6, 6.07) is 0. The summed E-state index contributed by atoms with van der Waals surface area (Å²) < 4.78 is 10.1. The molecule has 11 heavy (non-hydrogen) atoms. The van der Waals surface area contributed by atoms with Gasteiger partial charge >= 0.3 is 0 Å². The second-order valence-corrected chi connectivity index (χ2v) is 2.70. The first-order chi connectivity index (χ1) is 4.78. The molecule has 0 aromatic carbocycles. The molecule has 1 unspecified atom stereocenters. The summed E-state index contributed by atoms with van der Waals surface area (Å²) in [6.07, 6.45) is -1.04. The standard InChI is InChI=1S/C6H9O4.U/c7-2-6-3-9-4(1-10-6)5(6)8;/h1,4-5,7-8H,2-3H2;/q-1;/t4-,5?,6+;/m1./s1. The second kappa shape index (κ2) is 3.33. The second-order valence-electron chi connectivity index (χ2n) is 2.70. The molecule has 0 aliphatic carbocycles. The van der Waals surface area contributed by atoms with Crippen molar-refractivity contribution in [1.82, 2.24) is 0 Å². The molecule has 2 bridgehead atoms. The van der Waals surface area contributed by atoms with E-state index in [9.17, 15) is 5.11 Å². The molecule has 2 N–H and O–H groups in total. The summed E-state index contributed by atoms with van der Waals surface area (Å²) in [7, 11) is 0. The van der Waals surface area contributed by atoms with Gasteiger partial charge in [0.05, 0.1) is 19.3 Å². The predicted molar refractivity (Wildman–Crippen MR) is 30.9 cm³/mol. The Bertz CT molecular complexity index is 144. The van der Waals surface area contributed by atoms with E-state index in [1.165, 1.54) is 6.61 Å². The van der Waals surface area contributed by atoms with E-state index in [0.29, 0.717) is 0 Å². The van der Waals surface area contributed by atoms with Crippen molar-refractivity contribution >= 4 is 0 Å². The van der Waals surface area contributed by atoms with Gasteiger partial charge in [-0.15, -0.1) is 0 Å². The Morgan fingerprint density at radius 2 is 2.36 bits per heavy atom. The molecule has 2 aliphatic heterocycles. The van der Waals surface area contributed by atoms with Crippen molar-refractivity contribution in [2.24, 2.45) is 0 Å². The molecule has 0 radical (unpaired) electrons. The van der Waals surface area contributed by atoms with Crippen molar-refractivity contribution in [3.8, 4) is 0 Å². The van der Waals surface area contributed by atoms with Gasteiger partial charge in [-0.25, -0.2) is 0 Å². The van der Waals surface area contributed by atoms with Crippen molar-refractivity contribution < 1.29 is 50.8 Å². The van der Waals surface area contributed by atoms with Crippen LogP contribution in [0.3, 0.4) is 0 Å². The number of aliphatic hydroxyl groups excluding tert-OH is 2. The number of rotatable bonds is 1. The van der Waals surface area contributed by atoms with Gasteiger partial charge in [0.2, 0.25) is 0 Å². The van der Waals surface area contributed by atoms with Crippen LogP contribution in [0.25, 0.3) is 0 Å². The Morgan fingerprint density at radius 3 is 2.55 bits per heavy atom. The SMILES string of the molecule is OC[C@@]12CO[C@H]([CH-]O1)C2O.[U]. The molecule has 0 spiro atoms. The number of fused-ring (bicyclic) bond motifs is 2. The molecule has 0 aromatic rings. The molecule has 0 aromatic heterocycles. The van der Waals surface area contributed by atoms with Crippen molar-refractivity contribution in [2.45, 2.75) is 17.8 Å². The summed E-state index contributed by atoms with van der Waals surface area (Å²) >= 11 is 0. The van der Waals surface area contributed by atoms with Gasteiger partial charge in [0, 0.05) is 31.1 Å². The third kappa shape index (κ3) is 1.28. The van der Waals surface area contributed by atoms with Crippen LogP contribution in [0.2, 0.25) is 0 Å². The van der Waals surface area contributed by atoms with Crippen LogP contribution in [0.4, 0.5) is 0 Å². The molecule has 0 amide bonds. The molecule has 2 rings (SSSR count). The van der Waals surface area contributed by atoms with E-state index in [-0.39, 0.29) is 50.4 Å². The minimum Gasteiger partial charge on any atom is -0.540 e. The maximum absolute atomic E-state index is 9.34. The zero-order chi connectivity index (χ0) is 7.19. The molecule has 3 atom stereocenters. The van der Waals surface area contributed by atoms with E-state index >= 15 is 0 Å². The van der Waals surface area contributed by atoms with Crippen LogP contribution in [0.15, 0.2) is 0 Å². The maximum atomic E-state index is 9.34. The van der Waals surface area contributed by atoms with Gasteiger partial charge in [-0.1, -0.05) is 0 Å². The molecule has 62 valence electrons. The van der Waals surface area contributed by atoms with Crippen LogP contribution >= 0.6 is 0 Å². The first-order valence-electron chi connectivity index (χ1n) is 3.20. The summed E-state index contributed by atoms with van der Waals surface area (Å²) in [5.41, 5.74) is -0.856. The molecule has 0 saturated carbocycles. The first kappa shape index (κ1) is 9.98. The van der Waals surface area contributed by atoms with Crippen molar-refractivity contribution in [3.63, 3.8) is 0 Å². The van der Waals surface area contributed by atoms with Crippen LogP contribution in [0, 0.1) is 37.7 Å². The van der Waals surface area contributed by atoms with Gasteiger partial charge in [0.15, 0.2) is 0 Å². The largest absolute Gasteiger partial charge is 0.540 e. The van der Waals surface area contributed by atoms with Gasteiger partial charge in [0.1, 0.15) is 5.60 Å². The summed E-state index contributed by atoms with van der Waals surface area (Å²) in [5, 5.41) is 18.2. The quantitative estimate of drug-likeness (QED) is 0.551. The number of hydrogen-bond donors (Lipinski definition) is 2. The third-order valence-electron chi connectivity index (χ3n) is 2.07. The minimum absolute atomic E-state index is 0. The smallest absolute Gasteiger partial charge is 0.109 e. The third-order valence-corrected chi connectivity index (χ3v) is 2.07. The van der Waals surface area contributed by atoms with E-state index in [4.69, 9.17) is 14.6 Å². The molecule has 2 heterocycles. The first-order valence-corrected chi connectivity index (χ1v) is 3.20. The van der Waals surface area contributed by atoms with E-state index in [2.05, 4.69) is 0 Å². The van der Waals surface area contributed by atoms with Crippen LogP contribution in [0.1, 0.15) is 0 Å². The van der Waals surface area contributed by atoms with E-state index in [1.54, 1.807) is 0 Å². The molecular formula is C6H9O4U-. The molecule has 5 heteroatoms. The Balaban J connectivity index is 0.000000605. The van der Waals surface area contributed by atoms with Crippen LogP contribution < -0.4 is 0 Å². The normalized spacial score (nSPS) is 47.5. The number of ether oxygens (including phenoxy) is 2. The van der Waals surface area contributed by atoms with E-state index in [0.717, 1.165) is 0 Å². The Labute approximate surface area is 88.2 Å². The summed E-state index contributed by atoms with van der Waals surface area (Å²) in [5.74, 6) is 0. The molecule has 4 nitrogen and oxygen atoms in total. The Hall–Kier alpha value is 0.892. The fourth-order valence-corrected chi connectivity index (χ4v) is 1.31. The average molecular weight is 383 g/mol. The zero-order valence-electron chi connectivity index (χ0n) is 5.86. The van der Waals surface area contributed by atoms with Crippen LogP contribution in [0.5, 0.6) is 0 Å². The Morgan fingerprint density at radius 1 is 1.64 bits per heavy atom. The Kier molecular flexibility index (Phi) is 3.02. The number of aliphatic hydroxyl groups is 2.